The van der Waals surface area contributed by atoms with Gasteiger partial charge in [-0.3, -0.25) is 18.6 Å². The predicted molar refractivity (Wildman–Crippen MR) is 225 cm³/mol. The van der Waals surface area contributed by atoms with Crippen LogP contribution in [-0.2, 0) is 32.7 Å². The SMILES string of the molecule is CCCCCCCCCCCCCCCCCCCCCC(=O)O[C@H](COC(=O)CCCCCCCCCCCCC)COP(=O)(O)OCC[N+](C)(C)C. The number of ether oxygens (including phenoxy) is 2. The lowest BCUT2D eigenvalue weighted by molar-refractivity contribution is -0.870. The normalized spacial score (nSPS) is 13.5. The van der Waals surface area contributed by atoms with Crippen LogP contribution in [0.15, 0.2) is 0 Å². The van der Waals surface area contributed by atoms with Gasteiger partial charge < -0.3 is 18.9 Å². The first-order valence-electron chi connectivity index (χ1n) is 22.8. The number of nitrogens with zero attached hydrogens (tertiary/aromatic N) is 1. The quantitative estimate of drug-likeness (QED) is 0.0282. The van der Waals surface area contributed by atoms with Crippen molar-refractivity contribution in [2.45, 2.75) is 225 Å². The number of likely N-dealkylation sites (N-methyl/N-ethyl adjacent to an activating group) is 1. The second kappa shape index (κ2) is 37.6. The van der Waals surface area contributed by atoms with Crippen molar-refractivity contribution in [3.05, 3.63) is 0 Å². The van der Waals surface area contributed by atoms with Gasteiger partial charge in [0.2, 0.25) is 0 Å². The predicted octanol–water partition coefficient (Wildman–Crippen LogP) is 12.8. The smallest absolute Gasteiger partial charge is 0.462 e. The average molecular weight is 791 g/mol. The Morgan fingerprint density at radius 3 is 1.19 bits per heavy atom. The van der Waals surface area contributed by atoms with E-state index in [9.17, 15) is 19.0 Å². The summed E-state index contributed by atoms with van der Waals surface area (Å²) >= 11 is 0. The molecule has 0 aromatic rings. The molecule has 0 saturated heterocycles. The zero-order valence-electron chi connectivity index (χ0n) is 36.2. The molecule has 1 N–H and O–H groups in total. The molecule has 0 aromatic heterocycles. The van der Waals surface area contributed by atoms with Crippen molar-refractivity contribution >= 4 is 19.8 Å². The molecule has 0 amide bonds. The van der Waals surface area contributed by atoms with Crippen LogP contribution in [0.25, 0.3) is 0 Å². The summed E-state index contributed by atoms with van der Waals surface area (Å²) in [5.41, 5.74) is 0. The minimum absolute atomic E-state index is 0.0368. The molecular formula is C44H89NO8P+. The van der Waals surface area contributed by atoms with Gasteiger partial charge in [0.05, 0.1) is 27.7 Å². The first kappa shape index (κ1) is 53.0. The fraction of sp³-hybridized carbons (Fsp3) is 0.955. The van der Waals surface area contributed by atoms with Crippen LogP contribution in [-0.4, -0.2) is 74.9 Å². The van der Waals surface area contributed by atoms with Crippen molar-refractivity contribution in [1.29, 1.82) is 0 Å². The molecule has 10 heteroatoms. The van der Waals surface area contributed by atoms with E-state index < -0.39 is 26.5 Å². The van der Waals surface area contributed by atoms with Gasteiger partial charge in [0.15, 0.2) is 6.10 Å². The summed E-state index contributed by atoms with van der Waals surface area (Å²) in [7, 11) is 1.49. The maximum Gasteiger partial charge on any atom is 0.472 e. The zero-order chi connectivity index (χ0) is 40.0. The van der Waals surface area contributed by atoms with E-state index in [1.54, 1.807) is 0 Å². The van der Waals surface area contributed by atoms with Gasteiger partial charge in [0, 0.05) is 12.8 Å². The van der Waals surface area contributed by atoms with Crippen molar-refractivity contribution in [3.8, 4) is 0 Å². The topological polar surface area (TPSA) is 108 Å². The number of rotatable bonds is 42. The second-order valence-corrected chi connectivity index (χ2v) is 18.3. The van der Waals surface area contributed by atoms with E-state index in [0.717, 1.165) is 38.5 Å². The van der Waals surface area contributed by atoms with E-state index in [1.807, 2.05) is 21.1 Å². The van der Waals surface area contributed by atoms with Gasteiger partial charge in [-0.25, -0.2) is 4.57 Å². The third-order valence-electron chi connectivity index (χ3n) is 10.1. The maximum atomic E-state index is 12.7. The summed E-state index contributed by atoms with van der Waals surface area (Å²) in [5.74, 6) is -0.784. The zero-order valence-corrected chi connectivity index (χ0v) is 37.1. The number of quaternary nitrogens is 1. The van der Waals surface area contributed by atoms with Crippen LogP contribution in [0.4, 0.5) is 0 Å². The highest BCUT2D eigenvalue weighted by atomic mass is 31.2. The molecular weight excluding hydrogens is 701 g/mol. The first-order chi connectivity index (χ1) is 26.0. The van der Waals surface area contributed by atoms with Gasteiger partial charge in [-0.05, 0) is 12.8 Å². The lowest BCUT2D eigenvalue weighted by Gasteiger charge is -2.24. The Morgan fingerprint density at radius 1 is 0.500 bits per heavy atom. The molecule has 0 radical (unpaired) electrons. The number of unbranched alkanes of at least 4 members (excludes halogenated alkanes) is 28. The Bertz CT molecular complexity index is 896. The summed E-state index contributed by atoms with van der Waals surface area (Å²) < 4.78 is 34.3. The van der Waals surface area contributed by atoms with E-state index >= 15 is 0 Å². The Kier molecular flexibility index (Phi) is 36.9. The highest BCUT2D eigenvalue weighted by Crippen LogP contribution is 2.43. The summed E-state index contributed by atoms with van der Waals surface area (Å²) in [6.07, 6.45) is 37.2. The van der Waals surface area contributed by atoms with Crippen LogP contribution in [0, 0.1) is 0 Å². The Morgan fingerprint density at radius 2 is 0.833 bits per heavy atom. The van der Waals surface area contributed by atoms with Gasteiger partial charge in [-0.2, -0.15) is 0 Å². The third-order valence-corrected chi connectivity index (χ3v) is 11.1. The molecule has 0 spiro atoms. The van der Waals surface area contributed by atoms with E-state index in [0.29, 0.717) is 17.4 Å². The van der Waals surface area contributed by atoms with Crippen molar-refractivity contribution < 1.29 is 42.1 Å². The summed E-state index contributed by atoms with van der Waals surface area (Å²) in [6, 6.07) is 0. The average Bonchev–Trinajstić information content (AvgIpc) is 3.12. The largest absolute Gasteiger partial charge is 0.472 e. The van der Waals surface area contributed by atoms with Crippen LogP contribution in [0.3, 0.4) is 0 Å². The van der Waals surface area contributed by atoms with E-state index in [2.05, 4.69) is 13.8 Å². The first-order valence-corrected chi connectivity index (χ1v) is 24.3. The highest BCUT2D eigenvalue weighted by molar-refractivity contribution is 7.47. The monoisotopic (exact) mass is 791 g/mol. The number of carbonyl (C=O) groups excluding carboxylic acids is 2. The van der Waals surface area contributed by atoms with E-state index in [4.69, 9.17) is 18.5 Å². The van der Waals surface area contributed by atoms with Gasteiger partial charge in [-0.15, -0.1) is 0 Å². The molecule has 1 unspecified atom stereocenters. The molecule has 54 heavy (non-hydrogen) atoms. The molecule has 2 atom stereocenters. The maximum absolute atomic E-state index is 12.7. The van der Waals surface area contributed by atoms with Gasteiger partial charge in [0.1, 0.15) is 19.8 Å². The standard InChI is InChI=1S/C44H88NO8P/c1-6-8-10-12-14-16-18-19-20-21-22-23-24-25-27-29-31-33-35-37-44(47)53-42(41-52-54(48,49)51-39-38-45(3,4)5)40-50-43(46)36-34-32-30-28-26-17-15-13-11-9-7-2/h42H,6-41H2,1-5H3/p+1/t42-/m1/s1. The molecule has 0 aliphatic carbocycles. The number of carbonyl (C=O) groups is 2. The lowest BCUT2D eigenvalue weighted by Crippen LogP contribution is -2.37. The van der Waals surface area contributed by atoms with Crippen molar-refractivity contribution in [1.82, 2.24) is 0 Å². The van der Waals surface area contributed by atoms with Crippen molar-refractivity contribution in [2.75, 3.05) is 47.5 Å². The molecule has 9 nitrogen and oxygen atoms in total. The molecule has 0 aliphatic heterocycles. The molecule has 0 aliphatic rings. The highest BCUT2D eigenvalue weighted by Gasteiger charge is 2.27. The van der Waals surface area contributed by atoms with Crippen LogP contribution in [0.2, 0.25) is 0 Å². The lowest BCUT2D eigenvalue weighted by atomic mass is 10.0. The number of hydrogen-bond acceptors (Lipinski definition) is 7. The fourth-order valence-electron chi connectivity index (χ4n) is 6.54. The summed E-state index contributed by atoms with van der Waals surface area (Å²) in [5, 5.41) is 0. The number of phosphoric acid groups is 1. The summed E-state index contributed by atoms with van der Waals surface area (Å²) in [6.45, 7) is 4.45. The van der Waals surface area contributed by atoms with Gasteiger partial charge in [0.25, 0.3) is 0 Å². The van der Waals surface area contributed by atoms with Gasteiger partial charge >= 0.3 is 19.8 Å². The molecule has 0 bridgehead atoms. The molecule has 0 heterocycles. The fourth-order valence-corrected chi connectivity index (χ4v) is 7.29. The Hall–Kier alpha value is -0.990. The Labute approximate surface area is 334 Å². The van der Waals surface area contributed by atoms with E-state index in [1.165, 1.54) is 154 Å². The number of phosphoric ester groups is 1. The van der Waals surface area contributed by atoms with Crippen LogP contribution in [0.1, 0.15) is 219 Å². The Balaban J connectivity index is 4.25. The van der Waals surface area contributed by atoms with Crippen molar-refractivity contribution in [2.24, 2.45) is 0 Å². The van der Waals surface area contributed by atoms with Crippen LogP contribution in [0.5, 0.6) is 0 Å². The third kappa shape index (κ3) is 40.7. The molecule has 0 rings (SSSR count). The number of hydrogen-bond donors (Lipinski definition) is 1. The minimum Gasteiger partial charge on any atom is -0.462 e. The van der Waals surface area contributed by atoms with Crippen molar-refractivity contribution in [3.63, 3.8) is 0 Å². The molecule has 0 saturated carbocycles. The number of esters is 2. The van der Waals surface area contributed by atoms with E-state index in [-0.39, 0.29) is 25.6 Å². The van der Waals surface area contributed by atoms with Crippen LogP contribution >= 0.6 is 7.82 Å². The summed E-state index contributed by atoms with van der Waals surface area (Å²) in [4.78, 5) is 35.3. The molecule has 0 aromatic carbocycles. The van der Waals surface area contributed by atoms with Crippen LogP contribution < -0.4 is 0 Å². The molecule has 0 fully saturated rings. The molecule has 322 valence electrons. The van der Waals surface area contributed by atoms with Gasteiger partial charge in [-0.1, -0.05) is 194 Å². The minimum atomic E-state index is -4.36. The second-order valence-electron chi connectivity index (χ2n) is 16.8.